The molecule has 0 saturated carbocycles. The second kappa shape index (κ2) is 12.2. The van der Waals surface area contributed by atoms with Crippen LogP contribution in [-0.2, 0) is 4.79 Å². The molecule has 0 bridgehead atoms. The van der Waals surface area contributed by atoms with Crippen molar-refractivity contribution >= 4 is 43.7 Å². The van der Waals surface area contributed by atoms with Crippen LogP contribution in [0.5, 0.6) is 0 Å². The number of hydrogen-bond acceptors (Lipinski definition) is 3. The van der Waals surface area contributed by atoms with E-state index in [0.717, 1.165) is 0 Å². The van der Waals surface area contributed by atoms with Crippen LogP contribution in [0.2, 0.25) is 0 Å². The molecule has 5 N–H and O–H groups in total. The van der Waals surface area contributed by atoms with Crippen LogP contribution in [0, 0.1) is 10.8 Å². The molecule has 13 heavy (non-hydrogen) atoms. The van der Waals surface area contributed by atoms with Crippen molar-refractivity contribution in [1.29, 1.82) is 0 Å². The zero-order chi connectivity index (χ0) is 8.15. The predicted octanol–water partition coefficient (Wildman–Crippen LogP) is -0.553. The van der Waals surface area contributed by atoms with Crippen molar-refractivity contribution in [3.63, 3.8) is 0 Å². The van der Waals surface area contributed by atoms with E-state index in [4.69, 9.17) is 5.11 Å². The average Bonchev–Trinajstić information content (AvgIpc) is 1.81. The van der Waals surface area contributed by atoms with E-state index >= 15 is 0 Å². The third-order valence-electron chi connectivity index (χ3n) is 1.11. The quantitative estimate of drug-likeness (QED) is 0.506. The van der Waals surface area contributed by atoms with Gasteiger partial charge >= 0.3 is 43.7 Å². The number of carboxylic acids is 1. The number of hydrogen-bond donors (Lipinski definition) is 1. The Kier molecular flexibility index (Phi) is 21.9. The van der Waals surface area contributed by atoms with Gasteiger partial charge in [0.25, 0.3) is 0 Å². The van der Waals surface area contributed by atoms with Crippen LogP contribution in [0.4, 0.5) is 0 Å². The summed E-state index contributed by atoms with van der Waals surface area (Å²) < 4.78 is 0. The molecular formula is C6H17CaNO5. The molecule has 6 nitrogen and oxygen atoms in total. The molecule has 7 heteroatoms. The summed E-state index contributed by atoms with van der Waals surface area (Å²) >= 11 is 0. The summed E-state index contributed by atoms with van der Waals surface area (Å²) in [5.74, 6) is -0.942. The van der Waals surface area contributed by atoms with E-state index in [1.165, 1.54) is 0 Å². The normalized spacial score (nSPS) is 10.1. The first-order valence-electron chi connectivity index (χ1n) is 3.13. The molecule has 0 spiro atoms. The molecule has 0 rings (SSSR count). The number of aliphatic carboxylic acids is 1. The van der Waals surface area contributed by atoms with E-state index in [9.17, 15) is 9.70 Å². The van der Waals surface area contributed by atoms with Crippen molar-refractivity contribution in [3.05, 3.63) is 4.91 Å². The topological polar surface area (TPSA) is 130 Å². The molecule has 1 unspecified atom stereocenters. The fourth-order valence-corrected chi connectivity index (χ4v) is 0.635. The SMILES string of the molecule is CC(C)CC(N=O)C(=O)O.O.O.[Ca+2].[H-].[H-]. The number of rotatable bonds is 4. The summed E-state index contributed by atoms with van der Waals surface area (Å²) in [6.07, 6.45) is 0.318. The molecule has 0 aliphatic rings. The van der Waals surface area contributed by atoms with Crippen molar-refractivity contribution < 1.29 is 23.7 Å². The average molecular weight is 223 g/mol. The van der Waals surface area contributed by atoms with Crippen LogP contribution in [0.25, 0.3) is 0 Å². The molecule has 78 valence electrons. The Morgan fingerprint density at radius 3 is 1.92 bits per heavy atom. The Balaban J connectivity index is -0.0000000405. The molecule has 0 aromatic rings. The maximum atomic E-state index is 10.2. The van der Waals surface area contributed by atoms with Crippen molar-refractivity contribution in [2.45, 2.75) is 26.3 Å². The number of nitrogens with zero attached hydrogens (tertiary/aromatic N) is 1. The summed E-state index contributed by atoms with van der Waals surface area (Å²) in [4.78, 5) is 20.0. The summed E-state index contributed by atoms with van der Waals surface area (Å²) in [7, 11) is 0. The van der Waals surface area contributed by atoms with Crippen LogP contribution in [0.3, 0.4) is 0 Å². The second-order valence-corrected chi connectivity index (χ2v) is 2.59. The van der Waals surface area contributed by atoms with E-state index in [-0.39, 0.29) is 57.5 Å². The van der Waals surface area contributed by atoms with Gasteiger partial charge in [-0.25, -0.2) is 4.79 Å². The fourth-order valence-electron chi connectivity index (χ4n) is 0.635. The molecular weight excluding hydrogens is 206 g/mol. The first-order valence-corrected chi connectivity index (χ1v) is 3.13. The van der Waals surface area contributed by atoms with Gasteiger partial charge in [0, 0.05) is 0 Å². The van der Waals surface area contributed by atoms with E-state index in [0.29, 0.717) is 6.42 Å². The molecule has 0 aromatic carbocycles. The van der Waals surface area contributed by atoms with Gasteiger partial charge in [0.2, 0.25) is 0 Å². The number of carbonyl (C=O) groups is 1. The maximum absolute atomic E-state index is 10.2. The van der Waals surface area contributed by atoms with Gasteiger partial charge in [-0.2, -0.15) is 0 Å². The third-order valence-corrected chi connectivity index (χ3v) is 1.11. The van der Waals surface area contributed by atoms with Gasteiger partial charge in [-0.3, -0.25) is 0 Å². The molecule has 0 saturated heterocycles. The van der Waals surface area contributed by atoms with E-state index in [2.05, 4.69) is 5.18 Å². The molecule has 0 aliphatic carbocycles. The van der Waals surface area contributed by atoms with Crippen molar-refractivity contribution in [2.24, 2.45) is 11.1 Å². The summed E-state index contributed by atoms with van der Waals surface area (Å²) in [5.41, 5.74) is 0. The Morgan fingerprint density at radius 1 is 1.46 bits per heavy atom. The first kappa shape index (κ1) is 23.2. The Bertz CT molecular complexity index is 149. The molecule has 1 atom stereocenters. The predicted molar refractivity (Wildman–Crippen MR) is 51.9 cm³/mol. The largest absolute Gasteiger partial charge is 2.00 e. The van der Waals surface area contributed by atoms with E-state index < -0.39 is 12.0 Å². The fraction of sp³-hybridized carbons (Fsp3) is 0.833. The van der Waals surface area contributed by atoms with Crippen molar-refractivity contribution in [1.82, 2.24) is 0 Å². The summed E-state index contributed by atoms with van der Waals surface area (Å²) in [6, 6.07) is -1.07. The molecule has 0 aliphatic heterocycles. The maximum Gasteiger partial charge on any atom is 2.00 e. The third kappa shape index (κ3) is 12.2. The Labute approximate surface area is 109 Å². The zero-order valence-electron chi connectivity index (χ0n) is 9.78. The molecule has 0 amide bonds. The second-order valence-electron chi connectivity index (χ2n) is 2.59. The van der Waals surface area contributed by atoms with E-state index in [1.54, 1.807) is 0 Å². The van der Waals surface area contributed by atoms with Gasteiger partial charge in [-0.1, -0.05) is 19.0 Å². The van der Waals surface area contributed by atoms with Crippen molar-refractivity contribution in [2.75, 3.05) is 0 Å². The molecule has 0 radical (unpaired) electrons. The van der Waals surface area contributed by atoms with Crippen LogP contribution in [0.1, 0.15) is 23.1 Å². The summed E-state index contributed by atoms with van der Waals surface area (Å²) in [5, 5.41) is 10.8. The standard InChI is InChI=1S/C6H11NO3.Ca.2H2O.2H/c1-4(2)3-5(7-10)6(8)9;;;;;/h4-5H,3H2,1-2H3,(H,8,9);;2*1H2;;/q;+2;;;2*-1. The van der Waals surface area contributed by atoms with Gasteiger partial charge in [0.1, 0.15) is 0 Å². The number of nitroso groups, excluding NO2 is 1. The van der Waals surface area contributed by atoms with Gasteiger partial charge in [0.05, 0.1) is 0 Å². The summed E-state index contributed by atoms with van der Waals surface area (Å²) in [6.45, 7) is 3.70. The van der Waals surface area contributed by atoms with Gasteiger partial charge in [-0.05, 0) is 12.3 Å². The van der Waals surface area contributed by atoms with Crippen molar-refractivity contribution in [3.8, 4) is 0 Å². The van der Waals surface area contributed by atoms with Gasteiger partial charge in [-0.15, -0.1) is 4.91 Å². The van der Waals surface area contributed by atoms with Crippen LogP contribution < -0.4 is 0 Å². The van der Waals surface area contributed by atoms with E-state index in [1.807, 2.05) is 13.8 Å². The van der Waals surface area contributed by atoms with Crippen LogP contribution in [0.15, 0.2) is 5.18 Å². The number of carboxylic acid groups (broad SMARTS) is 1. The monoisotopic (exact) mass is 223 g/mol. The molecule has 0 fully saturated rings. The molecule has 0 aromatic heterocycles. The zero-order valence-corrected chi connectivity index (χ0v) is 9.99. The Morgan fingerprint density at radius 2 is 1.85 bits per heavy atom. The Hall–Kier alpha value is 0.250. The smallest absolute Gasteiger partial charge is 1.00 e. The first-order chi connectivity index (χ1) is 4.57. The minimum atomic E-state index is -1.14. The minimum absolute atomic E-state index is 0. The minimum Gasteiger partial charge on any atom is -1.00 e. The van der Waals surface area contributed by atoms with Gasteiger partial charge < -0.3 is 18.9 Å². The van der Waals surface area contributed by atoms with Crippen LogP contribution in [-0.4, -0.2) is 65.8 Å². The van der Waals surface area contributed by atoms with Gasteiger partial charge in [0.15, 0.2) is 6.04 Å². The molecule has 0 heterocycles. The van der Waals surface area contributed by atoms with Crippen LogP contribution >= 0.6 is 0 Å².